The van der Waals surface area contributed by atoms with Crippen molar-refractivity contribution in [1.82, 2.24) is 25.1 Å². The molecule has 0 bridgehead atoms. The number of halogens is 1. The highest BCUT2D eigenvalue weighted by Crippen LogP contribution is 2.35. The molecule has 38 heavy (non-hydrogen) atoms. The summed E-state index contributed by atoms with van der Waals surface area (Å²) in [5.74, 6) is -0.432. The summed E-state index contributed by atoms with van der Waals surface area (Å²) in [6.45, 7) is 2.03. The molecule has 0 aliphatic carbocycles. The lowest BCUT2D eigenvalue weighted by molar-refractivity contribution is 0.600. The summed E-state index contributed by atoms with van der Waals surface area (Å²) < 4.78 is 37.8. The van der Waals surface area contributed by atoms with E-state index >= 15 is 0 Å². The SMILES string of the molecule is Cc1ccncc1-c1cc2c(-c3cc4c(-c5cc(F)cc(CCS(C)(=O)=O)c5)cccc4[nH]3)n[nH]c2cn1. The smallest absolute Gasteiger partial charge is 0.147 e. The number of aromatic amines is 2. The molecule has 0 radical (unpaired) electrons. The predicted octanol–water partition coefficient (Wildman–Crippen LogP) is 5.87. The van der Waals surface area contributed by atoms with Gasteiger partial charge in [0.25, 0.3) is 0 Å². The van der Waals surface area contributed by atoms with E-state index in [9.17, 15) is 12.8 Å². The van der Waals surface area contributed by atoms with E-state index in [1.54, 1.807) is 12.4 Å². The number of benzene rings is 2. The number of H-pyrrole nitrogens is 2. The van der Waals surface area contributed by atoms with Crippen LogP contribution in [0.25, 0.3) is 55.6 Å². The zero-order valence-corrected chi connectivity index (χ0v) is 21.6. The van der Waals surface area contributed by atoms with E-state index in [1.165, 1.54) is 18.4 Å². The highest BCUT2D eigenvalue weighted by atomic mass is 32.2. The molecule has 6 rings (SSSR count). The number of sulfone groups is 1. The van der Waals surface area contributed by atoms with Crippen molar-refractivity contribution in [2.45, 2.75) is 13.3 Å². The van der Waals surface area contributed by atoms with Gasteiger partial charge in [-0.1, -0.05) is 18.2 Å². The second-order valence-corrected chi connectivity index (χ2v) is 11.8. The first-order chi connectivity index (χ1) is 18.2. The van der Waals surface area contributed by atoms with Gasteiger partial charge in [-0.05, 0) is 72.0 Å². The summed E-state index contributed by atoms with van der Waals surface area (Å²) in [7, 11) is -3.16. The van der Waals surface area contributed by atoms with Gasteiger partial charge in [-0.3, -0.25) is 15.1 Å². The number of hydrogen-bond acceptors (Lipinski definition) is 5. The zero-order valence-electron chi connectivity index (χ0n) is 20.8. The Kier molecular flexibility index (Phi) is 5.80. The molecular weight excluding hydrogens is 501 g/mol. The summed E-state index contributed by atoms with van der Waals surface area (Å²) in [4.78, 5) is 12.3. The van der Waals surface area contributed by atoms with Crippen molar-refractivity contribution in [1.29, 1.82) is 0 Å². The molecule has 2 N–H and O–H groups in total. The van der Waals surface area contributed by atoms with Crippen LogP contribution in [-0.4, -0.2) is 45.6 Å². The molecule has 0 amide bonds. The summed E-state index contributed by atoms with van der Waals surface area (Å²) in [6, 6.07) is 16.5. The van der Waals surface area contributed by atoms with Gasteiger partial charge in [-0.2, -0.15) is 5.10 Å². The van der Waals surface area contributed by atoms with Crippen molar-refractivity contribution < 1.29 is 12.8 Å². The van der Waals surface area contributed by atoms with Crippen molar-refractivity contribution in [3.63, 3.8) is 0 Å². The molecule has 9 heteroatoms. The van der Waals surface area contributed by atoms with Gasteiger partial charge in [-0.25, -0.2) is 12.8 Å². The van der Waals surface area contributed by atoms with Crippen molar-refractivity contribution in [2.24, 2.45) is 0 Å². The van der Waals surface area contributed by atoms with E-state index in [0.29, 0.717) is 11.1 Å². The van der Waals surface area contributed by atoms with Crippen molar-refractivity contribution >= 4 is 31.6 Å². The van der Waals surface area contributed by atoms with Crippen molar-refractivity contribution in [3.05, 3.63) is 90.1 Å². The van der Waals surface area contributed by atoms with Gasteiger partial charge in [0.2, 0.25) is 0 Å². The number of aryl methyl sites for hydroxylation is 2. The van der Waals surface area contributed by atoms with E-state index in [2.05, 4.69) is 25.1 Å². The number of nitrogens with zero attached hydrogens (tertiary/aromatic N) is 3. The molecule has 0 unspecified atom stereocenters. The average Bonchev–Trinajstić information content (AvgIpc) is 3.50. The molecule has 190 valence electrons. The topological polar surface area (TPSA) is 104 Å². The summed E-state index contributed by atoms with van der Waals surface area (Å²) in [6.07, 6.45) is 6.78. The van der Waals surface area contributed by atoms with Crippen molar-refractivity contribution in [3.8, 4) is 33.8 Å². The Morgan fingerprint density at radius 3 is 2.63 bits per heavy atom. The molecule has 0 atom stereocenters. The third-order valence-corrected chi connectivity index (χ3v) is 7.66. The first kappa shape index (κ1) is 24.0. The molecule has 0 saturated heterocycles. The van der Waals surface area contributed by atoms with Crippen LogP contribution in [0.15, 0.2) is 73.2 Å². The van der Waals surface area contributed by atoms with E-state index in [0.717, 1.165) is 55.6 Å². The van der Waals surface area contributed by atoms with E-state index in [-0.39, 0.29) is 12.2 Å². The number of pyridine rings is 2. The van der Waals surface area contributed by atoms with Crippen LogP contribution in [0.4, 0.5) is 4.39 Å². The van der Waals surface area contributed by atoms with Gasteiger partial charge >= 0.3 is 0 Å². The van der Waals surface area contributed by atoms with Crippen LogP contribution in [0.3, 0.4) is 0 Å². The number of fused-ring (bicyclic) bond motifs is 2. The fraction of sp³-hybridized carbons (Fsp3) is 0.138. The van der Waals surface area contributed by atoms with E-state index in [4.69, 9.17) is 0 Å². The van der Waals surface area contributed by atoms with Crippen LogP contribution in [0.1, 0.15) is 11.1 Å². The first-order valence-electron chi connectivity index (χ1n) is 12.1. The maximum Gasteiger partial charge on any atom is 0.147 e. The number of nitrogens with one attached hydrogen (secondary N) is 2. The zero-order chi connectivity index (χ0) is 26.4. The monoisotopic (exact) mass is 525 g/mol. The maximum atomic E-state index is 14.6. The minimum Gasteiger partial charge on any atom is -0.353 e. The Morgan fingerprint density at radius 2 is 1.82 bits per heavy atom. The fourth-order valence-corrected chi connectivity index (χ4v) is 5.40. The van der Waals surface area contributed by atoms with Gasteiger partial charge in [0, 0.05) is 40.5 Å². The molecule has 0 aliphatic rings. The molecular formula is C29H24FN5O2S. The normalized spacial score (nSPS) is 12.0. The summed E-state index contributed by atoms with van der Waals surface area (Å²) in [5.41, 5.74) is 8.28. The minimum atomic E-state index is -3.16. The molecule has 0 fully saturated rings. The first-order valence-corrected chi connectivity index (χ1v) is 14.2. The van der Waals surface area contributed by atoms with Gasteiger partial charge in [0.1, 0.15) is 21.3 Å². The Hall–Kier alpha value is -4.37. The lowest BCUT2D eigenvalue weighted by Crippen LogP contribution is -2.06. The molecule has 0 spiro atoms. The quantitative estimate of drug-likeness (QED) is 0.283. The van der Waals surface area contributed by atoms with Crippen LogP contribution in [0.2, 0.25) is 0 Å². The average molecular weight is 526 g/mol. The van der Waals surface area contributed by atoms with Crippen LogP contribution in [0.5, 0.6) is 0 Å². The molecule has 2 aromatic carbocycles. The van der Waals surface area contributed by atoms with E-state index < -0.39 is 15.7 Å². The van der Waals surface area contributed by atoms with Crippen LogP contribution in [0, 0.1) is 12.7 Å². The molecule has 6 aromatic rings. The standard InChI is InChI=1S/C29H24FN5O2S/c1-17-6-8-31-15-24(17)26-14-23-28(16-32-26)34-35-29(23)27-13-22-21(4-3-5-25(22)33-27)19-10-18(11-20(30)12-19)7-9-38(2,36)37/h3-6,8,10-16,33H,7,9H2,1-2H3,(H,34,35). The Morgan fingerprint density at radius 1 is 0.947 bits per heavy atom. The number of rotatable bonds is 6. The van der Waals surface area contributed by atoms with Gasteiger partial charge in [0.15, 0.2) is 0 Å². The lowest BCUT2D eigenvalue weighted by Gasteiger charge is -2.08. The third-order valence-electron chi connectivity index (χ3n) is 6.71. The summed E-state index contributed by atoms with van der Waals surface area (Å²) in [5, 5.41) is 9.46. The molecule has 0 aliphatic heterocycles. The highest BCUT2D eigenvalue weighted by Gasteiger charge is 2.16. The Bertz CT molecular complexity index is 1940. The van der Waals surface area contributed by atoms with E-state index in [1.807, 2.05) is 55.6 Å². The van der Waals surface area contributed by atoms with Crippen molar-refractivity contribution in [2.75, 3.05) is 12.0 Å². The number of hydrogen-bond donors (Lipinski definition) is 2. The van der Waals surface area contributed by atoms with Gasteiger partial charge in [0.05, 0.1) is 28.9 Å². The Labute approximate surface area is 218 Å². The summed E-state index contributed by atoms with van der Waals surface area (Å²) >= 11 is 0. The molecule has 7 nitrogen and oxygen atoms in total. The largest absolute Gasteiger partial charge is 0.353 e. The fourth-order valence-electron chi connectivity index (χ4n) is 4.79. The second kappa shape index (κ2) is 9.18. The number of aromatic nitrogens is 5. The Balaban J connectivity index is 1.44. The van der Waals surface area contributed by atoms with Gasteiger partial charge in [-0.15, -0.1) is 0 Å². The van der Waals surface area contributed by atoms with Crippen LogP contribution < -0.4 is 0 Å². The van der Waals surface area contributed by atoms with Crippen LogP contribution >= 0.6 is 0 Å². The lowest BCUT2D eigenvalue weighted by atomic mass is 9.98. The third kappa shape index (κ3) is 4.56. The minimum absolute atomic E-state index is 0.0317. The second-order valence-electron chi connectivity index (χ2n) is 9.56. The molecule has 4 aromatic heterocycles. The maximum absolute atomic E-state index is 14.6. The highest BCUT2D eigenvalue weighted by molar-refractivity contribution is 7.90. The molecule has 0 saturated carbocycles. The molecule has 4 heterocycles. The van der Waals surface area contributed by atoms with Gasteiger partial charge < -0.3 is 4.98 Å². The predicted molar refractivity (Wildman–Crippen MR) is 148 cm³/mol. The van der Waals surface area contributed by atoms with Crippen LogP contribution in [-0.2, 0) is 16.3 Å².